The largest absolute Gasteiger partial charge is 0.373 e. The Morgan fingerprint density at radius 3 is 2.36 bits per heavy atom. The first-order valence-corrected chi connectivity index (χ1v) is 14.9. The van der Waals surface area contributed by atoms with Crippen LogP contribution in [-0.2, 0) is 21.4 Å². The number of carbonyl (C=O) groups excluding carboxylic acids is 1. The Bertz CT molecular complexity index is 1110. The summed E-state index contributed by atoms with van der Waals surface area (Å²) in [5.74, 6) is 3.29. The first-order valence-electron chi connectivity index (χ1n) is 14.9. The van der Waals surface area contributed by atoms with Gasteiger partial charge in [0, 0.05) is 28.7 Å². The van der Waals surface area contributed by atoms with Crippen molar-refractivity contribution in [3.8, 4) is 0 Å². The monoisotopic (exact) mass is 493 g/mol. The Morgan fingerprint density at radius 2 is 1.64 bits per heavy atom. The maximum Gasteiger partial charge on any atom is 0.145 e. The Hall–Kier alpha value is -1.16. The zero-order valence-corrected chi connectivity index (χ0v) is 23.7. The Morgan fingerprint density at radius 1 is 0.917 bits per heavy atom. The van der Waals surface area contributed by atoms with Gasteiger partial charge in [0.15, 0.2) is 0 Å². The SMILES string of the molecule is CC1(C)CC[C@]2(C3CO3)CC[C@]3(C)C(C(=O)C[C@@H]4[C@@]5(C)Cc6cnoc6C(C)(C)[C@@H]5CC[C@]43C)C2C1. The van der Waals surface area contributed by atoms with E-state index < -0.39 is 0 Å². The van der Waals surface area contributed by atoms with Gasteiger partial charge in [-0.05, 0) is 90.8 Å². The minimum absolute atomic E-state index is 0.0423. The molecule has 1 aliphatic heterocycles. The van der Waals surface area contributed by atoms with E-state index in [0.29, 0.717) is 35.1 Å². The molecule has 0 spiro atoms. The van der Waals surface area contributed by atoms with Crippen LogP contribution in [-0.4, -0.2) is 23.7 Å². The second kappa shape index (κ2) is 6.88. The molecule has 198 valence electrons. The van der Waals surface area contributed by atoms with Crippen molar-refractivity contribution in [2.45, 2.75) is 118 Å². The highest BCUT2D eigenvalue weighted by Gasteiger charge is 2.73. The summed E-state index contributed by atoms with van der Waals surface area (Å²) in [6, 6.07) is 0. The fourth-order valence-corrected chi connectivity index (χ4v) is 12.0. The average molecular weight is 494 g/mol. The minimum atomic E-state index is -0.0423. The Kier molecular flexibility index (Phi) is 4.57. The van der Waals surface area contributed by atoms with E-state index in [9.17, 15) is 4.79 Å². The van der Waals surface area contributed by atoms with Crippen LogP contribution >= 0.6 is 0 Å². The molecule has 0 bridgehead atoms. The minimum Gasteiger partial charge on any atom is -0.373 e. The zero-order chi connectivity index (χ0) is 25.5. The first kappa shape index (κ1) is 23.9. The van der Waals surface area contributed by atoms with E-state index >= 15 is 0 Å². The summed E-state index contributed by atoms with van der Waals surface area (Å²) >= 11 is 0. The van der Waals surface area contributed by atoms with Gasteiger partial charge < -0.3 is 9.26 Å². The topological polar surface area (TPSA) is 55.6 Å². The summed E-state index contributed by atoms with van der Waals surface area (Å²) in [4.78, 5) is 14.6. The summed E-state index contributed by atoms with van der Waals surface area (Å²) in [5.41, 5.74) is 2.14. The van der Waals surface area contributed by atoms with Crippen molar-refractivity contribution in [2.24, 2.45) is 50.7 Å². The standard InChI is InChI=1S/C32H47NO3/c1-27(2)10-12-32(24-18-35-24)13-11-31(7)25(20(32)16-27)21(34)14-23-29(5)15-19-17-33-36-26(19)28(3,4)22(29)8-9-30(23,31)6/h17,20,22-25H,8-16,18H2,1-7H3/t20?,22-,23+,24?,25?,29-,30+,31+,32-/m0/s1. The van der Waals surface area contributed by atoms with Gasteiger partial charge in [0.2, 0.25) is 0 Å². The molecule has 0 amide bonds. The second-order valence-electron chi connectivity index (χ2n) is 16.2. The van der Waals surface area contributed by atoms with Crippen LogP contribution in [0.15, 0.2) is 10.7 Å². The molecule has 0 aromatic carbocycles. The van der Waals surface area contributed by atoms with Crippen LogP contribution in [0.1, 0.15) is 111 Å². The van der Waals surface area contributed by atoms with Gasteiger partial charge in [-0.2, -0.15) is 0 Å². The van der Waals surface area contributed by atoms with Crippen molar-refractivity contribution >= 4 is 5.78 Å². The lowest BCUT2D eigenvalue weighted by Crippen LogP contribution is -2.69. The van der Waals surface area contributed by atoms with Crippen LogP contribution in [0.4, 0.5) is 0 Å². The van der Waals surface area contributed by atoms with Crippen LogP contribution in [0.25, 0.3) is 0 Å². The van der Waals surface area contributed by atoms with Crippen LogP contribution in [0, 0.1) is 50.7 Å². The number of epoxide rings is 1. The number of fused-ring (bicyclic) bond motifs is 8. The molecule has 2 heterocycles. The number of nitrogens with zero attached hydrogens (tertiary/aromatic N) is 1. The molecular weight excluding hydrogens is 446 g/mol. The molecule has 4 saturated carbocycles. The van der Waals surface area contributed by atoms with E-state index in [1.54, 1.807) is 0 Å². The summed E-state index contributed by atoms with van der Waals surface area (Å²) in [7, 11) is 0. The molecule has 5 fully saturated rings. The highest BCUT2D eigenvalue weighted by Crippen LogP contribution is 2.76. The predicted molar refractivity (Wildman–Crippen MR) is 139 cm³/mol. The number of carbonyl (C=O) groups is 1. The highest BCUT2D eigenvalue weighted by atomic mass is 16.6. The van der Waals surface area contributed by atoms with Crippen molar-refractivity contribution in [1.82, 2.24) is 5.16 Å². The summed E-state index contributed by atoms with van der Waals surface area (Å²) in [6.07, 6.45) is 12.7. The van der Waals surface area contributed by atoms with Gasteiger partial charge in [0.05, 0.1) is 18.9 Å². The fraction of sp³-hybridized carbons (Fsp3) is 0.875. The first-order chi connectivity index (χ1) is 16.8. The van der Waals surface area contributed by atoms with Gasteiger partial charge >= 0.3 is 0 Å². The quantitative estimate of drug-likeness (QED) is 0.390. The number of Topliss-reactive ketones (excluding diaryl/α,β-unsaturated/α-hetero) is 1. The van der Waals surface area contributed by atoms with Gasteiger partial charge in [-0.15, -0.1) is 0 Å². The summed E-state index contributed by atoms with van der Waals surface area (Å²) < 4.78 is 11.9. The third kappa shape index (κ3) is 2.71. The third-order valence-electron chi connectivity index (χ3n) is 14.0. The number of rotatable bonds is 1. The molecule has 3 unspecified atom stereocenters. The number of ketones is 1. The lowest BCUT2D eigenvalue weighted by molar-refractivity contribution is -0.230. The molecule has 1 aromatic rings. The highest BCUT2D eigenvalue weighted by molar-refractivity contribution is 5.84. The van der Waals surface area contributed by atoms with E-state index in [0.717, 1.165) is 25.2 Å². The molecule has 1 aromatic heterocycles. The van der Waals surface area contributed by atoms with Gasteiger partial charge in [-0.25, -0.2) is 0 Å². The molecule has 6 aliphatic rings. The number of ether oxygens (including phenoxy) is 1. The van der Waals surface area contributed by atoms with Crippen LogP contribution in [0.2, 0.25) is 0 Å². The van der Waals surface area contributed by atoms with Crippen molar-refractivity contribution in [1.29, 1.82) is 0 Å². The fourth-order valence-electron chi connectivity index (χ4n) is 12.0. The Balaban J connectivity index is 1.33. The van der Waals surface area contributed by atoms with Crippen LogP contribution in [0.3, 0.4) is 0 Å². The lowest BCUT2D eigenvalue weighted by Gasteiger charge is -2.72. The zero-order valence-electron chi connectivity index (χ0n) is 23.7. The van der Waals surface area contributed by atoms with Crippen molar-refractivity contribution < 1.29 is 14.1 Å². The van der Waals surface area contributed by atoms with Crippen LogP contribution in [0.5, 0.6) is 0 Å². The second-order valence-corrected chi connectivity index (χ2v) is 16.2. The number of hydrogen-bond donors (Lipinski definition) is 0. The lowest BCUT2D eigenvalue weighted by atomic mass is 9.31. The predicted octanol–water partition coefficient (Wildman–Crippen LogP) is 7.15. The van der Waals surface area contributed by atoms with E-state index in [4.69, 9.17) is 9.26 Å². The van der Waals surface area contributed by atoms with Gasteiger partial charge in [0.1, 0.15) is 11.5 Å². The molecule has 0 radical (unpaired) electrons. The molecule has 5 aliphatic carbocycles. The maximum atomic E-state index is 14.6. The molecule has 0 N–H and O–H groups in total. The van der Waals surface area contributed by atoms with E-state index in [1.807, 2.05) is 6.20 Å². The molecule has 36 heavy (non-hydrogen) atoms. The van der Waals surface area contributed by atoms with E-state index in [2.05, 4.69) is 53.6 Å². The van der Waals surface area contributed by atoms with E-state index in [-0.39, 0.29) is 33.0 Å². The maximum absolute atomic E-state index is 14.6. The average Bonchev–Trinajstić information content (AvgIpc) is 3.53. The number of hydrogen-bond acceptors (Lipinski definition) is 4. The van der Waals surface area contributed by atoms with Gasteiger partial charge in [0.25, 0.3) is 0 Å². The third-order valence-corrected chi connectivity index (χ3v) is 14.0. The smallest absolute Gasteiger partial charge is 0.145 e. The molecule has 1 saturated heterocycles. The number of aromatic nitrogens is 1. The molecular formula is C32H47NO3. The molecule has 4 heteroatoms. The molecule has 4 nitrogen and oxygen atoms in total. The van der Waals surface area contributed by atoms with Crippen LogP contribution < -0.4 is 0 Å². The summed E-state index contributed by atoms with van der Waals surface area (Å²) in [5, 5.41) is 4.24. The van der Waals surface area contributed by atoms with Crippen molar-refractivity contribution in [3.63, 3.8) is 0 Å². The van der Waals surface area contributed by atoms with Gasteiger partial charge in [-0.3, -0.25) is 4.79 Å². The normalized spacial score (nSPS) is 52.3. The van der Waals surface area contributed by atoms with Gasteiger partial charge in [-0.1, -0.05) is 53.6 Å². The summed E-state index contributed by atoms with van der Waals surface area (Å²) in [6.45, 7) is 18.3. The van der Waals surface area contributed by atoms with Crippen molar-refractivity contribution in [2.75, 3.05) is 6.61 Å². The Labute approximate surface area is 217 Å². The van der Waals surface area contributed by atoms with Crippen molar-refractivity contribution in [3.05, 3.63) is 17.5 Å². The molecule has 7 rings (SSSR count). The van der Waals surface area contributed by atoms with E-state index in [1.165, 1.54) is 50.5 Å². The molecule has 9 atom stereocenters.